The molecule has 0 saturated heterocycles. The van der Waals surface area contributed by atoms with Gasteiger partial charge in [-0.1, -0.05) is 46.3 Å². The van der Waals surface area contributed by atoms with E-state index in [2.05, 4.69) is 21.2 Å². The Kier molecular flexibility index (Phi) is 4.63. The maximum Gasteiger partial charge on any atom is 0.335 e. The predicted octanol–water partition coefficient (Wildman–Crippen LogP) is 4.09. The van der Waals surface area contributed by atoms with Crippen molar-refractivity contribution in [2.75, 3.05) is 12.4 Å². The van der Waals surface area contributed by atoms with Gasteiger partial charge in [0.1, 0.15) is 5.82 Å². The number of carbonyl (C=O) groups is 1. The van der Waals surface area contributed by atoms with Gasteiger partial charge in [0.2, 0.25) is 0 Å². The minimum atomic E-state index is -1.21. The van der Waals surface area contributed by atoms with Crippen LogP contribution in [0.2, 0.25) is 0 Å². The average Bonchev–Trinajstić information content (AvgIpc) is 2.49. The Bertz CT molecular complexity index is 662. The van der Waals surface area contributed by atoms with Crippen molar-refractivity contribution in [2.45, 2.75) is 12.5 Å². The monoisotopic (exact) mass is 351 g/mol. The van der Waals surface area contributed by atoms with Crippen LogP contribution in [0.4, 0.5) is 10.1 Å². The summed E-state index contributed by atoms with van der Waals surface area (Å²) in [5, 5.41) is 2.95. The van der Waals surface area contributed by atoms with E-state index in [9.17, 15) is 9.18 Å². The number of halogens is 2. The molecular weight excluding hydrogens is 337 g/mol. The summed E-state index contributed by atoms with van der Waals surface area (Å²) in [4.78, 5) is 12.3. The molecule has 0 bridgehead atoms. The number of carbonyl (C=O) groups excluding carboxylic acids is 1. The molecule has 0 aromatic heterocycles. The van der Waals surface area contributed by atoms with E-state index in [1.165, 1.54) is 13.2 Å². The highest BCUT2D eigenvalue weighted by Crippen LogP contribution is 2.33. The van der Waals surface area contributed by atoms with Gasteiger partial charge in [-0.25, -0.2) is 9.18 Å². The first kappa shape index (κ1) is 15.5. The lowest BCUT2D eigenvalue weighted by Gasteiger charge is -2.30. The van der Waals surface area contributed by atoms with E-state index in [4.69, 9.17) is 4.74 Å². The number of hydrogen-bond donors (Lipinski definition) is 1. The van der Waals surface area contributed by atoms with Crippen LogP contribution in [0, 0.1) is 5.82 Å². The molecule has 0 saturated carbocycles. The molecule has 2 rings (SSSR count). The molecule has 0 aliphatic rings. The second-order valence-electron chi connectivity index (χ2n) is 4.70. The molecule has 1 N–H and O–H groups in total. The Hall–Kier alpha value is -1.88. The van der Waals surface area contributed by atoms with Gasteiger partial charge in [-0.3, -0.25) is 0 Å². The van der Waals surface area contributed by atoms with Crippen molar-refractivity contribution in [3.8, 4) is 0 Å². The standard InChI is InChI=1S/C16H15BrFNO2/c1-16(15(20)21-2,11-7-3-4-8-12(11)17)19-14-10-6-5-9-13(14)18/h3-10,19H,1-2H3. The molecule has 0 radical (unpaired) electrons. The first-order valence-corrected chi connectivity index (χ1v) is 7.14. The fourth-order valence-corrected chi connectivity index (χ4v) is 2.81. The molecule has 0 spiro atoms. The topological polar surface area (TPSA) is 38.3 Å². The minimum Gasteiger partial charge on any atom is -0.467 e. The van der Waals surface area contributed by atoms with Gasteiger partial charge in [-0.2, -0.15) is 0 Å². The molecule has 110 valence electrons. The summed E-state index contributed by atoms with van der Waals surface area (Å²) in [5.41, 5.74) is -0.307. The van der Waals surface area contributed by atoms with Gasteiger partial charge in [0.05, 0.1) is 12.8 Å². The summed E-state index contributed by atoms with van der Waals surface area (Å²) in [6.07, 6.45) is 0. The van der Waals surface area contributed by atoms with Gasteiger partial charge in [-0.05, 0) is 25.1 Å². The van der Waals surface area contributed by atoms with Crippen LogP contribution in [0.25, 0.3) is 0 Å². The Labute approximate surface area is 131 Å². The molecule has 5 heteroatoms. The number of hydrogen-bond acceptors (Lipinski definition) is 3. The number of para-hydroxylation sites is 1. The largest absolute Gasteiger partial charge is 0.467 e. The fraction of sp³-hybridized carbons (Fsp3) is 0.188. The number of ether oxygens (including phenoxy) is 1. The second kappa shape index (κ2) is 6.26. The third-order valence-electron chi connectivity index (χ3n) is 3.26. The third-order valence-corrected chi connectivity index (χ3v) is 3.96. The molecule has 1 unspecified atom stereocenters. The highest BCUT2D eigenvalue weighted by molar-refractivity contribution is 9.10. The Morgan fingerprint density at radius 2 is 1.81 bits per heavy atom. The van der Waals surface area contributed by atoms with Crippen LogP contribution >= 0.6 is 15.9 Å². The number of nitrogens with one attached hydrogen (secondary N) is 1. The smallest absolute Gasteiger partial charge is 0.335 e. The van der Waals surface area contributed by atoms with E-state index in [1.807, 2.05) is 18.2 Å². The van der Waals surface area contributed by atoms with E-state index in [1.54, 1.807) is 31.2 Å². The SMILES string of the molecule is COC(=O)C(C)(Nc1ccccc1F)c1ccccc1Br. The zero-order valence-electron chi connectivity index (χ0n) is 11.7. The van der Waals surface area contributed by atoms with Gasteiger partial charge in [0.25, 0.3) is 0 Å². The zero-order valence-corrected chi connectivity index (χ0v) is 13.3. The van der Waals surface area contributed by atoms with E-state index in [0.717, 1.165) is 4.47 Å². The van der Waals surface area contributed by atoms with Gasteiger partial charge >= 0.3 is 5.97 Å². The number of benzene rings is 2. The molecule has 21 heavy (non-hydrogen) atoms. The van der Waals surface area contributed by atoms with Crippen molar-refractivity contribution in [3.05, 3.63) is 64.4 Å². The molecule has 1 atom stereocenters. The Morgan fingerprint density at radius 3 is 2.43 bits per heavy atom. The normalized spacial score (nSPS) is 13.3. The summed E-state index contributed by atoms with van der Waals surface area (Å²) in [6, 6.07) is 13.5. The summed E-state index contributed by atoms with van der Waals surface area (Å²) < 4.78 is 19.5. The van der Waals surface area contributed by atoms with Crippen LogP contribution in [0.3, 0.4) is 0 Å². The Morgan fingerprint density at radius 1 is 1.19 bits per heavy atom. The van der Waals surface area contributed by atoms with Crippen LogP contribution in [0.1, 0.15) is 12.5 Å². The van der Waals surface area contributed by atoms with Gasteiger partial charge in [0, 0.05) is 10.0 Å². The van der Waals surface area contributed by atoms with Crippen molar-refractivity contribution >= 4 is 27.6 Å². The first-order valence-electron chi connectivity index (χ1n) is 6.35. The zero-order chi connectivity index (χ0) is 15.5. The highest BCUT2D eigenvalue weighted by atomic mass is 79.9. The third kappa shape index (κ3) is 3.08. The lowest BCUT2D eigenvalue weighted by Crippen LogP contribution is -2.42. The van der Waals surface area contributed by atoms with Gasteiger partial charge in [-0.15, -0.1) is 0 Å². The first-order chi connectivity index (χ1) is 9.99. The number of anilines is 1. The highest BCUT2D eigenvalue weighted by Gasteiger charge is 2.38. The molecule has 2 aromatic carbocycles. The van der Waals surface area contributed by atoms with E-state index >= 15 is 0 Å². The van der Waals surface area contributed by atoms with Crippen molar-refractivity contribution in [1.82, 2.24) is 0 Å². The molecule has 0 aliphatic carbocycles. The summed E-state index contributed by atoms with van der Waals surface area (Å²) in [5.74, 6) is -0.933. The maximum absolute atomic E-state index is 13.9. The Balaban J connectivity index is 2.51. The van der Waals surface area contributed by atoms with Crippen LogP contribution in [-0.2, 0) is 15.1 Å². The number of methoxy groups -OCH3 is 1. The van der Waals surface area contributed by atoms with Crippen LogP contribution in [0.5, 0.6) is 0 Å². The van der Waals surface area contributed by atoms with Crippen LogP contribution in [0.15, 0.2) is 53.0 Å². The molecule has 0 fully saturated rings. The van der Waals surface area contributed by atoms with Crippen molar-refractivity contribution in [3.63, 3.8) is 0 Å². The molecule has 3 nitrogen and oxygen atoms in total. The van der Waals surface area contributed by atoms with Gasteiger partial charge < -0.3 is 10.1 Å². The van der Waals surface area contributed by atoms with Crippen molar-refractivity contribution in [1.29, 1.82) is 0 Å². The van der Waals surface area contributed by atoms with E-state index in [-0.39, 0.29) is 5.69 Å². The number of rotatable bonds is 4. The molecular formula is C16H15BrFNO2. The molecule has 0 amide bonds. The maximum atomic E-state index is 13.9. The molecule has 2 aromatic rings. The fourth-order valence-electron chi connectivity index (χ4n) is 2.13. The van der Waals surface area contributed by atoms with Crippen LogP contribution < -0.4 is 5.32 Å². The molecule has 0 heterocycles. The van der Waals surface area contributed by atoms with E-state index in [0.29, 0.717) is 5.56 Å². The molecule has 0 aliphatic heterocycles. The summed E-state index contributed by atoms with van der Waals surface area (Å²) in [7, 11) is 1.31. The number of esters is 1. The summed E-state index contributed by atoms with van der Waals surface area (Å²) in [6.45, 7) is 1.66. The lowest BCUT2D eigenvalue weighted by atomic mass is 9.91. The van der Waals surface area contributed by atoms with Crippen LogP contribution in [-0.4, -0.2) is 13.1 Å². The second-order valence-corrected chi connectivity index (χ2v) is 5.56. The predicted molar refractivity (Wildman–Crippen MR) is 83.5 cm³/mol. The lowest BCUT2D eigenvalue weighted by molar-refractivity contribution is -0.145. The van der Waals surface area contributed by atoms with Crippen molar-refractivity contribution in [2.24, 2.45) is 0 Å². The minimum absolute atomic E-state index is 0.237. The van der Waals surface area contributed by atoms with E-state index < -0.39 is 17.3 Å². The summed E-state index contributed by atoms with van der Waals surface area (Å²) >= 11 is 3.42. The van der Waals surface area contributed by atoms with Crippen molar-refractivity contribution < 1.29 is 13.9 Å². The quantitative estimate of drug-likeness (QED) is 0.843. The van der Waals surface area contributed by atoms with Gasteiger partial charge in [0.15, 0.2) is 5.54 Å². The average molecular weight is 352 g/mol.